The van der Waals surface area contributed by atoms with Crippen LogP contribution in [0, 0.1) is 10.1 Å². The van der Waals surface area contributed by atoms with Gasteiger partial charge in [-0.1, -0.05) is 23.7 Å². The lowest BCUT2D eigenvalue weighted by molar-refractivity contribution is -0.385. The number of hydrogen-bond donors (Lipinski definition) is 0. The highest BCUT2D eigenvalue weighted by molar-refractivity contribution is 6.32. The monoisotopic (exact) mass is 291 g/mol. The summed E-state index contributed by atoms with van der Waals surface area (Å²) in [4.78, 5) is 27.8. The second kappa shape index (κ2) is 5.66. The molecule has 1 aromatic heterocycles. The van der Waals surface area contributed by atoms with E-state index in [4.69, 9.17) is 11.6 Å². The molecule has 6 nitrogen and oxygen atoms in total. The van der Waals surface area contributed by atoms with Crippen LogP contribution in [0.4, 0.5) is 11.4 Å². The average molecular weight is 292 g/mol. The molecule has 0 aliphatic heterocycles. The fourth-order valence-electron chi connectivity index (χ4n) is 1.73. The molecule has 102 valence electrons. The van der Waals surface area contributed by atoms with Crippen LogP contribution in [0.15, 0.2) is 42.6 Å². The third-order valence-corrected chi connectivity index (χ3v) is 3.03. The first-order valence-electron chi connectivity index (χ1n) is 5.64. The fourth-order valence-corrected chi connectivity index (χ4v) is 1.98. The van der Waals surface area contributed by atoms with Gasteiger partial charge in [-0.15, -0.1) is 0 Å². The van der Waals surface area contributed by atoms with Crippen molar-refractivity contribution in [3.8, 4) is 0 Å². The van der Waals surface area contributed by atoms with Crippen LogP contribution in [0.5, 0.6) is 0 Å². The van der Waals surface area contributed by atoms with Gasteiger partial charge in [0.2, 0.25) is 0 Å². The number of carbonyl (C=O) groups is 1. The summed E-state index contributed by atoms with van der Waals surface area (Å²) in [5.41, 5.74) is 0.140. The lowest BCUT2D eigenvalue weighted by Crippen LogP contribution is -2.27. The smallest absolute Gasteiger partial charge is 0.282 e. The molecule has 0 saturated carbocycles. The summed E-state index contributed by atoms with van der Waals surface area (Å²) >= 11 is 5.91. The van der Waals surface area contributed by atoms with Crippen molar-refractivity contribution >= 4 is 28.9 Å². The summed E-state index contributed by atoms with van der Waals surface area (Å²) in [5, 5.41) is 11.1. The maximum atomic E-state index is 12.4. The van der Waals surface area contributed by atoms with Gasteiger partial charge in [0.1, 0.15) is 5.56 Å². The molecule has 0 saturated heterocycles. The predicted octanol–water partition coefficient (Wildman–Crippen LogP) is 2.92. The largest absolute Gasteiger partial charge is 0.308 e. The van der Waals surface area contributed by atoms with Crippen molar-refractivity contribution in [1.29, 1.82) is 0 Å². The number of anilines is 1. The van der Waals surface area contributed by atoms with E-state index in [9.17, 15) is 14.9 Å². The number of hydrogen-bond acceptors (Lipinski definition) is 4. The van der Waals surface area contributed by atoms with Crippen LogP contribution in [0.2, 0.25) is 5.15 Å². The van der Waals surface area contributed by atoms with Crippen LogP contribution in [-0.2, 0) is 0 Å². The molecule has 7 heteroatoms. The van der Waals surface area contributed by atoms with Gasteiger partial charge >= 0.3 is 0 Å². The Kier molecular flexibility index (Phi) is 3.95. The molecule has 1 amide bonds. The van der Waals surface area contributed by atoms with Crippen LogP contribution in [0.3, 0.4) is 0 Å². The summed E-state index contributed by atoms with van der Waals surface area (Å²) in [7, 11) is 1.49. The minimum absolute atomic E-state index is 0.0000743. The van der Waals surface area contributed by atoms with E-state index in [0.29, 0.717) is 5.69 Å². The van der Waals surface area contributed by atoms with Gasteiger partial charge < -0.3 is 4.90 Å². The molecule has 20 heavy (non-hydrogen) atoms. The third-order valence-electron chi connectivity index (χ3n) is 2.74. The fraction of sp³-hybridized carbons (Fsp3) is 0.0769. The van der Waals surface area contributed by atoms with E-state index in [1.165, 1.54) is 36.3 Å². The lowest BCUT2D eigenvalue weighted by Gasteiger charge is -2.17. The number of aromatic nitrogens is 1. The van der Waals surface area contributed by atoms with Gasteiger partial charge in [-0.3, -0.25) is 14.9 Å². The van der Waals surface area contributed by atoms with Crippen molar-refractivity contribution in [3.63, 3.8) is 0 Å². The van der Waals surface area contributed by atoms with Crippen molar-refractivity contribution in [2.24, 2.45) is 0 Å². The number of halogens is 1. The molecule has 0 N–H and O–H groups in total. The molecule has 0 fully saturated rings. The Bertz CT molecular complexity index is 675. The van der Waals surface area contributed by atoms with Crippen molar-refractivity contribution in [2.45, 2.75) is 0 Å². The van der Waals surface area contributed by atoms with E-state index in [-0.39, 0.29) is 16.4 Å². The van der Waals surface area contributed by atoms with Gasteiger partial charge in [0.15, 0.2) is 5.15 Å². The second-order valence-electron chi connectivity index (χ2n) is 3.95. The number of nitro groups is 1. The van der Waals surface area contributed by atoms with Gasteiger partial charge in [-0.2, -0.15) is 0 Å². The zero-order valence-corrected chi connectivity index (χ0v) is 11.2. The molecule has 1 heterocycles. The third kappa shape index (κ3) is 2.60. The van der Waals surface area contributed by atoms with Crippen LogP contribution in [0.25, 0.3) is 0 Å². The molecule has 0 atom stereocenters. The summed E-state index contributed by atoms with van der Waals surface area (Å²) in [6.07, 6.45) is 1.50. The number of carbonyl (C=O) groups excluding carboxylic acids is 1. The molecule has 0 unspecified atom stereocenters. The molecule has 0 spiro atoms. The number of rotatable bonds is 3. The number of nitro benzene ring substituents is 1. The highest BCUT2D eigenvalue weighted by atomic mass is 35.5. The SMILES string of the molecule is CN(C(=O)c1ccccc1[N+](=O)[O-])c1cccnc1Cl. The van der Waals surface area contributed by atoms with Gasteiger partial charge in [-0.05, 0) is 18.2 Å². The number of pyridine rings is 1. The molecule has 0 aliphatic rings. The van der Waals surface area contributed by atoms with Crippen molar-refractivity contribution in [2.75, 3.05) is 11.9 Å². The topological polar surface area (TPSA) is 76.3 Å². The van der Waals surface area contributed by atoms with Crippen molar-refractivity contribution in [3.05, 3.63) is 63.4 Å². The lowest BCUT2D eigenvalue weighted by atomic mass is 10.1. The van der Waals surface area contributed by atoms with E-state index < -0.39 is 10.8 Å². The first-order chi connectivity index (χ1) is 9.52. The summed E-state index contributed by atoms with van der Waals surface area (Å²) < 4.78 is 0. The Hall–Kier alpha value is -2.47. The van der Waals surface area contributed by atoms with Gasteiger partial charge in [0.05, 0.1) is 10.6 Å². The Morgan fingerprint density at radius 3 is 2.65 bits per heavy atom. The van der Waals surface area contributed by atoms with E-state index in [0.717, 1.165) is 0 Å². The maximum Gasteiger partial charge on any atom is 0.282 e. The number of nitrogens with zero attached hydrogens (tertiary/aromatic N) is 3. The first-order valence-corrected chi connectivity index (χ1v) is 6.02. The Morgan fingerprint density at radius 2 is 2.00 bits per heavy atom. The van der Waals surface area contributed by atoms with Gasteiger partial charge in [-0.25, -0.2) is 4.98 Å². The molecular formula is C13H10ClN3O3. The molecule has 0 aliphatic carbocycles. The normalized spacial score (nSPS) is 10.1. The van der Waals surface area contributed by atoms with Gasteiger partial charge in [0.25, 0.3) is 11.6 Å². The summed E-state index contributed by atoms with van der Waals surface area (Å²) in [6, 6.07) is 9.00. The summed E-state index contributed by atoms with van der Waals surface area (Å²) in [5.74, 6) is -0.521. The molecule has 2 rings (SSSR count). The van der Waals surface area contributed by atoms with E-state index in [1.807, 2.05) is 0 Å². The number of para-hydroxylation sites is 1. The van der Waals surface area contributed by atoms with Crippen LogP contribution in [-0.4, -0.2) is 22.9 Å². The van der Waals surface area contributed by atoms with Gasteiger partial charge in [0, 0.05) is 19.3 Å². The zero-order chi connectivity index (χ0) is 14.7. The molecule has 1 aromatic carbocycles. The molecule has 0 bridgehead atoms. The predicted molar refractivity (Wildman–Crippen MR) is 75.1 cm³/mol. The minimum atomic E-state index is -0.591. The van der Waals surface area contributed by atoms with Crippen molar-refractivity contribution in [1.82, 2.24) is 4.98 Å². The first kappa shape index (κ1) is 14.0. The van der Waals surface area contributed by atoms with Crippen LogP contribution in [0.1, 0.15) is 10.4 Å². The highest BCUT2D eigenvalue weighted by Crippen LogP contribution is 2.26. The van der Waals surface area contributed by atoms with E-state index in [1.54, 1.807) is 18.2 Å². The maximum absolute atomic E-state index is 12.4. The number of benzene rings is 1. The number of amides is 1. The van der Waals surface area contributed by atoms with Crippen molar-refractivity contribution < 1.29 is 9.72 Å². The Labute approximate surface area is 119 Å². The van der Waals surface area contributed by atoms with Crippen LogP contribution >= 0.6 is 11.6 Å². The Morgan fingerprint density at radius 1 is 1.30 bits per heavy atom. The molecule has 2 aromatic rings. The van der Waals surface area contributed by atoms with Crippen LogP contribution < -0.4 is 4.90 Å². The van der Waals surface area contributed by atoms with E-state index >= 15 is 0 Å². The van der Waals surface area contributed by atoms with E-state index in [2.05, 4.69) is 4.98 Å². The zero-order valence-electron chi connectivity index (χ0n) is 10.5. The average Bonchev–Trinajstić information content (AvgIpc) is 2.46. The summed E-state index contributed by atoms with van der Waals surface area (Å²) in [6.45, 7) is 0. The molecule has 0 radical (unpaired) electrons. The molecular weight excluding hydrogens is 282 g/mol. The highest BCUT2D eigenvalue weighted by Gasteiger charge is 2.24. The minimum Gasteiger partial charge on any atom is -0.308 e. The standard InChI is InChI=1S/C13H10ClN3O3/c1-16(11-7-4-8-15-12(11)14)13(18)9-5-2-3-6-10(9)17(19)20/h2-8H,1H3. The quantitative estimate of drug-likeness (QED) is 0.495. The Balaban J connectivity index is 2.42. The second-order valence-corrected chi connectivity index (χ2v) is 4.31.